The predicted molar refractivity (Wildman–Crippen MR) is 108 cm³/mol. The number of methoxy groups -OCH3 is 1. The van der Waals surface area contributed by atoms with Gasteiger partial charge >= 0.3 is 0 Å². The Labute approximate surface area is 167 Å². The van der Waals surface area contributed by atoms with Gasteiger partial charge in [-0.3, -0.25) is 0 Å². The van der Waals surface area contributed by atoms with Crippen LogP contribution in [0.1, 0.15) is 30.7 Å². The Hall–Kier alpha value is -2.87. The Morgan fingerprint density at radius 1 is 1.18 bits per heavy atom. The van der Waals surface area contributed by atoms with Gasteiger partial charge < -0.3 is 20.0 Å². The largest absolute Gasteiger partial charge is 0.504 e. The maximum atomic E-state index is 9.80. The molecule has 1 aliphatic rings. The van der Waals surface area contributed by atoms with Gasteiger partial charge in [0.05, 0.1) is 13.7 Å². The summed E-state index contributed by atoms with van der Waals surface area (Å²) in [5.74, 6) is 2.17. The number of nitrogens with one attached hydrogen (secondary N) is 1. The highest BCUT2D eigenvalue weighted by atomic mass is 32.2. The van der Waals surface area contributed by atoms with E-state index >= 15 is 0 Å². The van der Waals surface area contributed by atoms with Gasteiger partial charge in [-0.2, -0.15) is 0 Å². The maximum absolute atomic E-state index is 9.80. The minimum Gasteiger partial charge on any atom is -0.504 e. The van der Waals surface area contributed by atoms with Gasteiger partial charge in [0.15, 0.2) is 17.3 Å². The molecule has 0 saturated carbocycles. The van der Waals surface area contributed by atoms with E-state index in [-0.39, 0.29) is 11.1 Å². The van der Waals surface area contributed by atoms with Crippen LogP contribution < -0.4 is 14.9 Å². The van der Waals surface area contributed by atoms with Gasteiger partial charge in [0.2, 0.25) is 5.16 Å². The molecule has 0 bridgehead atoms. The van der Waals surface area contributed by atoms with Crippen molar-refractivity contribution in [1.29, 1.82) is 0 Å². The number of aromatic hydroxyl groups is 1. The van der Waals surface area contributed by atoms with Crippen molar-refractivity contribution in [3.05, 3.63) is 48.0 Å². The first-order valence-electron chi connectivity index (χ1n) is 9.18. The quantitative estimate of drug-likeness (QED) is 0.578. The number of fused-ring (bicyclic) bond motifs is 1. The summed E-state index contributed by atoms with van der Waals surface area (Å²) in [4.78, 5) is 0. The normalized spacial score (nSPS) is 15.1. The molecular formula is C20H22N4O3S. The molecule has 7 nitrogen and oxygen atoms in total. The van der Waals surface area contributed by atoms with E-state index in [1.807, 2.05) is 41.1 Å². The third-order valence-corrected chi connectivity index (χ3v) is 5.58. The molecule has 1 aliphatic heterocycles. The fraction of sp³-hybridized carbons (Fsp3) is 0.300. The van der Waals surface area contributed by atoms with E-state index < -0.39 is 0 Å². The Morgan fingerprint density at radius 2 is 2.00 bits per heavy atom. The van der Waals surface area contributed by atoms with Crippen molar-refractivity contribution in [1.82, 2.24) is 14.9 Å². The van der Waals surface area contributed by atoms with Crippen LogP contribution in [0, 0.1) is 0 Å². The molecule has 2 N–H and O–H groups in total. The number of ether oxygens (including phenoxy) is 2. The maximum Gasteiger partial charge on any atom is 0.212 e. The molecule has 1 aromatic heterocycles. The molecule has 0 spiro atoms. The van der Waals surface area contributed by atoms with E-state index in [2.05, 4.69) is 22.5 Å². The van der Waals surface area contributed by atoms with Crippen LogP contribution in [0.3, 0.4) is 0 Å². The summed E-state index contributed by atoms with van der Waals surface area (Å²) in [7, 11) is 1.54. The molecule has 2 heterocycles. The summed E-state index contributed by atoms with van der Waals surface area (Å²) in [5.41, 5.74) is 5.35. The van der Waals surface area contributed by atoms with Crippen molar-refractivity contribution in [3.63, 3.8) is 0 Å². The first-order chi connectivity index (χ1) is 13.7. The number of hydrogen-bond donors (Lipinski definition) is 2. The lowest BCUT2D eigenvalue weighted by molar-refractivity contribution is 0.309. The van der Waals surface area contributed by atoms with Crippen LogP contribution in [0.2, 0.25) is 0 Å². The van der Waals surface area contributed by atoms with Crippen LogP contribution in [-0.4, -0.2) is 33.7 Å². The van der Waals surface area contributed by atoms with Gasteiger partial charge in [-0.25, -0.2) is 4.68 Å². The number of phenolic OH excluding ortho intramolecular Hbond substituents is 1. The molecule has 0 fully saturated rings. The Bertz CT molecular complexity index is 959. The number of hydrogen-bond acceptors (Lipinski definition) is 7. The molecule has 4 rings (SSSR count). The lowest BCUT2D eigenvalue weighted by Gasteiger charge is -2.14. The van der Waals surface area contributed by atoms with Gasteiger partial charge in [0, 0.05) is 5.56 Å². The van der Waals surface area contributed by atoms with Gasteiger partial charge in [0.25, 0.3) is 0 Å². The van der Waals surface area contributed by atoms with Crippen LogP contribution in [0.5, 0.6) is 17.2 Å². The first-order valence-corrected chi connectivity index (χ1v) is 10.1. The molecule has 0 amide bonds. The second-order valence-electron chi connectivity index (χ2n) is 6.43. The molecule has 0 aliphatic carbocycles. The SMILES string of the molecule is CCCCOc1ccc(-c2nnc3n2N[C@H](c2ccc(O)c(OC)c2)S3)cc1. The number of aromatic nitrogens is 3. The van der Waals surface area contributed by atoms with Crippen molar-refractivity contribution in [2.45, 2.75) is 30.3 Å². The van der Waals surface area contributed by atoms with Gasteiger partial charge in [-0.15, -0.1) is 10.2 Å². The molecule has 146 valence electrons. The van der Waals surface area contributed by atoms with Crippen LogP contribution in [0.15, 0.2) is 47.6 Å². The number of benzene rings is 2. The fourth-order valence-electron chi connectivity index (χ4n) is 2.93. The Morgan fingerprint density at radius 3 is 2.75 bits per heavy atom. The van der Waals surface area contributed by atoms with Crippen molar-refractivity contribution in [3.8, 4) is 28.6 Å². The summed E-state index contributed by atoms with van der Waals surface area (Å²) in [6.45, 7) is 2.87. The van der Waals surface area contributed by atoms with Crippen molar-refractivity contribution in [2.24, 2.45) is 0 Å². The zero-order chi connectivity index (χ0) is 19.5. The first kappa shape index (κ1) is 18.5. The predicted octanol–water partition coefficient (Wildman–Crippen LogP) is 4.19. The number of unbranched alkanes of at least 4 members (excludes halogenated alkanes) is 1. The monoisotopic (exact) mass is 398 g/mol. The fourth-order valence-corrected chi connectivity index (χ4v) is 3.92. The van der Waals surface area contributed by atoms with E-state index in [9.17, 15) is 5.11 Å². The minimum absolute atomic E-state index is 0.0459. The van der Waals surface area contributed by atoms with Crippen LogP contribution in [0.4, 0.5) is 0 Å². The zero-order valence-corrected chi connectivity index (χ0v) is 16.6. The lowest BCUT2D eigenvalue weighted by Crippen LogP contribution is -2.13. The Balaban J connectivity index is 1.51. The standard InChI is InChI=1S/C20H22N4O3S/c1-3-4-11-27-15-8-5-13(6-9-15)18-21-22-20-24(18)23-19(28-20)14-7-10-16(25)17(12-14)26-2/h5-10,12,19,23,25H,3-4,11H2,1-2H3/t19-/m0/s1. The van der Waals surface area contributed by atoms with Gasteiger partial charge in [0.1, 0.15) is 11.1 Å². The third kappa shape index (κ3) is 3.60. The highest BCUT2D eigenvalue weighted by molar-refractivity contribution is 7.99. The molecule has 2 aromatic carbocycles. The molecule has 8 heteroatoms. The topological polar surface area (TPSA) is 81.4 Å². The smallest absolute Gasteiger partial charge is 0.212 e. The second-order valence-corrected chi connectivity index (χ2v) is 7.50. The summed E-state index contributed by atoms with van der Waals surface area (Å²) in [6.07, 6.45) is 2.16. The average Bonchev–Trinajstić information content (AvgIpc) is 3.30. The number of thioether (sulfide) groups is 1. The number of rotatable bonds is 7. The highest BCUT2D eigenvalue weighted by Gasteiger charge is 2.28. The zero-order valence-electron chi connectivity index (χ0n) is 15.8. The average molecular weight is 398 g/mol. The summed E-state index contributed by atoms with van der Waals surface area (Å²) < 4.78 is 12.8. The van der Waals surface area contributed by atoms with Crippen molar-refractivity contribution >= 4 is 11.8 Å². The molecule has 0 radical (unpaired) electrons. The summed E-state index contributed by atoms with van der Waals surface area (Å²) in [5, 5.41) is 19.2. The van der Waals surface area contributed by atoms with Crippen LogP contribution in [-0.2, 0) is 0 Å². The second kappa shape index (κ2) is 8.02. The van der Waals surface area contributed by atoms with Gasteiger partial charge in [-0.1, -0.05) is 31.2 Å². The Kier molecular flexibility index (Phi) is 5.29. The van der Waals surface area contributed by atoms with Crippen LogP contribution >= 0.6 is 11.8 Å². The van der Waals surface area contributed by atoms with E-state index in [0.29, 0.717) is 5.75 Å². The van der Waals surface area contributed by atoms with Gasteiger partial charge in [-0.05, 0) is 48.4 Å². The van der Waals surface area contributed by atoms with E-state index in [1.54, 1.807) is 17.8 Å². The molecule has 0 unspecified atom stereocenters. The molecule has 28 heavy (non-hydrogen) atoms. The van der Waals surface area contributed by atoms with Crippen molar-refractivity contribution < 1.29 is 14.6 Å². The molecule has 0 saturated heterocycles. The van der Waals surface area contributed by atoms with E-state index in [0.717, 1.165) is 47.3 Å². The number of nitrogens with zero attached hydrogens (tertiary/aromatic N) is 3. The minimum atomic E-state index is -0.0459. The van der Waals surface area contributed by atoms with E-state index in [1.165, 1.54) is 7.11 Å². The lowest BCUT2D eigenvalue weighted by atomic mass is 10.2. The highest BCUT2D eigenvalue weighted by Crippen LogP contribution is 2.42. The molecule has 3 aromatic rings. The molecule has 1 atom stereocenters. The van der Waals surface area contributed by atoms with Crippen molar-refractivity contribution in [2.75, 3.05) is 19.1 Å². The molecular weight excluding hydrogens is 376 g/mol. The number of phenols is 1. The summed E-state index contributed by atoms with van der Waals surface area (Å²) in [6, 6.07) is 13.2. The summed E-state index contributed by atoms with van der Waals surface area (Å²) >= 11 is 1.56. The van der Waals surface area contributed by atoms with E-state index in [4.69, 9.17) is 9.47 Å². The third-order valence-electron chi connectivity index (χ3n) is 4.49. The van der Waals surface area contributed by atoms with Crippen LogP contribution in [0.25, 0.3) is 11.4 Å².